The summed E-state index contributed by atoms with van der Waals surface area (Å²) in [6, 6.07) is 2.14. The minimum absolute atomic E-state index is 0.205. The van der Waals surface area contributed by atoms with Crippen LogP contribution in [0.3, 0.4) is 0 Å². The van der Waals surface area contributed by atoms with E-state index in [1.165, 1.54) is 13.2 Å². The Balaban J connectivity index is 2.23. The number of carbonyl (C=O) groups is 3. The van der Waals surface area contributed by atoms with Crippen LogP contribution in [0.4, 0.5) is 23.7 Å². The van der Waals surface area contributed by atoms with Crippen molar-refractivity contribution < 1.29 is 37.4 Å². The molecule has 1 saturated heterocycles. The predicted octanol–water partition coefficient (Wildman–Crippen LogP) is 2.82. The second-order valence-corrected chi connectivity index (χ2v) is 6.40. The van der Waals surface area contributed by atoms with E-state index in [2.05, 4.69) is 10.1 Å². The van der Waals surface area contributed by atoms with Gasteiger partial charge in [-0.05, 0) is 31.0 Å². The van der Waals surface area contributed by atoms with E-state index in [0.717, 1.165) is 4.90 Å². The number of carboxylic acids is 1. The SMILES string of the molecule is COC(=O)c1cc(NC(=O)N2C[C@@H](C(F)(F)F)[C@H](C(=O)O)C2)c(C)cc1C. The first-order valence-electron chi connectivity index (χ1n) is 8.00. The molecule has 2 rings (SSSR count). The average Bonchev–Trinajstić information content (AvgIpc) is 3.02. The van der Waals surface area contributed by atoms with Crippen molar-refractivity contribution in [3.8, 4) is 0 Å². The number of methoxy groups -OCH3 is 1. The molecule has 1 aromatic rings. The lowest BCUT2D eigenvalue weighted by Crippen LogP contribution is -2.35. The molecule has 1 aliphatic rings. The maximum absolute atomic E-state index is 13.1. The van der Waals surface area contributed by atoms with E-state index in [1.54, 1.807) is 19.9 Å². The Kier molecular flexibility index (Phi) is 5.67. The third-order valence-corrected chi connectivity index (χ3v) is 4.56. The Morgan fingerprint density at radius 1 is 1.19 bits per heavy atom. The summed E-state index contributed by atoms with van der Waals surface area (Å²) in [5.41, 5.74) is 1.64. The summed E-state index contributed by atoms with van der Waals surface area (Å²) < 4.78 is 43.8. The molecule has 1 heterocycles. The minimum atomic E-state index is -4.73. The molecule has 7 nitrogen and oxygen atoms in total. The number of aryl methyl sites for hydroxylation is 2. The van der Waals surface area contributed by atoms with Crippen LogP contribution in [0.2, 0.25) is 0 Å². The Bertz CT molecular complexity index is 779. The van der Waals surface area contributed by atoms with Gasteiger partial charge in [-0.15, -0.1) is 0 Å². The normalized spacial score (nSPS) is 19.7. The third kappa shape index (κ3) is 4.32. The Labute approximate surface area is 153 Å². The van der Waals surface area contributed by atoms with Gasteiger partial charge in [0.05, 0.1) is 24.5 Å². The molecule has 1 fully saturated rings. The van der Waals surface area contributed by atoms with Gasteiger partial charge in [0, 0.05) is 18.8 Å². The molecular formula is C17H19F3N2O5. The van der Waals surface area contributed by atoms with E-state index in [-0.39, 0.29) is 11.3 Å². The summed E-state index contributed by atoms with van der Waals surface area (Å²) in [5, 5.41) is 11.5. The smallest absolute Gasteiger partial charge is 0.394 e. The zero-order valence-electron chi connectivity index (χ0n) is 14.9. The Morgan fingerprint density at radius 2 is 1.81 bits per heavy atom. The zero-order chi connectivity index (χ0) is 20.5. The van der Waals surface area contributed by atoms with Crippen molar-refractivity contribution in [2.24, 2.45) is 11.8 Å². The number of halogens is 3. The molecule has 0 spiro atoms. The summed E-state index contributed by atoms with van der Waals surface area (Å²) in [6.45, 7) is 2.03. The van der Waals surface area contributed by atoms with Crippen LogP contribution in [-0.2, 0) is 9.53 Å². The first-order valence-corrected chi connectivity index (χ1v) is 8.00. The summed E-state index contributed by atoms with van der Waals surface area (Å²) in [5.74, 6) is -6.08. The van der Waals surface area contributed by atoms with Crippen molar-refractivity contribution >= 4 is 23.7 Å². The Morgan fingerprint density at radius 3 is 2.30 bits per heavy atom. The highest BCUT2D eigenvalue weighted by Gasteiger charge is 2.53. The van der Waals surface area contributed by atoms with Crippen LogP contribution in [0.5, 0.6) is 0 Å². The van der Waals surface area contributed by atoms with Gasteiger partial charge in [-0.3, -0.25) is 4.79 Å². The van der Waals surface area contributed by atoms with Crippen molar-refractivity contribution in [1.29, 1.82) is 0 Å². The number of carbonyl (C=O) groups excluding carboxylic acids is 2. The first-order chi connectivity index (χ1) is 12.5. The fourth-order valence-electron chi connectivity index (χ4n) is 3.06. The van der Waals surface area contributed by atoms with E-state index >= 15 is 0 Å². The number of rotatable bonds is 3. The van der Waals surface area contributed by atoms with Gasteiger partial charge in [0.15, 0.2) is 0 Å². The molecule has 2 amide bonds. The molecule has 0 aromatic heterocycles. The van der Waals surface area contributed by atoms with Gasteiger partial charge in [-0.25, -0.2) is 9.59 Å². The van der Waals surface area contributed by atoms with E-state index in [4.69, 9.17) is 5.11 Å². The maximum Gasteiger partial charge on any atom is 0.394 e. The monoisotopic (exact) mass is 388 g/mol. The van der Waals surface area contributed by atoms with Gasteiger partial charge in [-0.2, -0.15) is 13.2 Å². The fraction of sp³-hybridized carbons (Fsp3) is 0.471. The molecule has 0 unspecified atom stereocenters. The minimum Gasteiger partial charge on any atom is -0.481 e. The topological polar surface area (TPSA) is 95.9 Å². The van der Waals surface area contributed by atoms with Crippen LogP contribution in [0.1, 0.15) is 21.5 Å². The number of nitrogens with zero attached hydrogens (tertiary/aromatic N) is 1. The van der Waals surface area contributed by atoms with Crippen LogP contribution >= 0.6 is 0 Å². The molecule has 0 radical (unpaired) electrons. The van der Waals surface area contributed by atoms with Crippen LogP contribution in [0, 0.1) is 25.7 Å². The molecule has 148 valence electrons. The lowest BCUT2D eigenvalue weighted by atomic mass is 9.96. The summed E-state index contributed by atoms with van der Waals surface area (Å²) in [6.07, 6.45) is -4.73. The molecule has 27 heavy (non-hydrogen) atoms. The standard InChI is InChI=1S/C17H19F3N2O5/c1-8-4-9(2)13(5-10(8)15(25)27-3)21-16(26)22-6-11(14(23)24)12(7-22)17(18,19)20/h4-5,11-12H,6-7H2,1-3H3,(H,21,26)(H,23,24)/t11-,12-/m1/s1. The number of anilines is 1. The van der Waals surface area contributed by atoms with Crippen LogP contribution in [0.15, 0.2) is 12.1 Å². The van der Waals surface area contributed by atoms with Crippen molar-refractivity contribution in [3.05, 3.63) is 28.8 Å². The Hall–Kier alpha value is -2.78. The second kappa shape index (κ2) is 7.45. The van der Waals surface area contributed by atoms with Crippen molar-refractivity contribution in [1.82, 2.24) is 4.90 Å². The summed E-state index contributed by atoms with van der Waals surface area (Å²) in [7, 11) is 1.20. The number of urea groups is 1. The predicted molar refractivity (Wildman–Crippen MR) is 88.5 cm³/mol. The molecule has 0 bridgehead atoms. The fourth-order valence-corrected chi connectivity index (χ4v) is 3.06. The van der Waals surface area contributed by atoms with E-state index < -0.39 is 49.1 Å². The third-order valence-electron chi connectivity index (χ3n) is 4.56. The number of hydrogen-bond acceptors (Lipinski definition) is 4. The second-order valence-electron chi connectivity index (χ2n) is 6.40. The van der Waals surface area contributed by atoms with Gasteiger partial charge in [-0.1, -0.05) is 6.07 Å². The number of likely N-dealkylation sites (tertiary alicyclic amines) is 1. The number of aliphatic carboxylic acids is 1. The summed E-state index contributed by atoms with van der Waals surface area (Å²) in [4.78, 5) is 36.1. The molecule has 0 aliphatic carbocycles. The van der Waals surface area contributed by atoms with Crippen LogP contribution in [0.25, 0.3) is 0 Å². The summed E-state index contributed by atoms with van der Waals surface area (Å²) >= 11 is 0. The number of alkyl halides is 3. The van der Waals surface area contributed by atoms with E-state index in [1.807, 2.05) is 0 Å². The van der Waals surface area contributed by atoms with Gasteiger partial charge >= 0.3 is 24.1 Å². The van der Waals surface area contributed by atoms with Crippen LogP contribution < -0.4 is 5.32 Å². The molecule has 2 atom stereocenters. The van der Waals surface area contributed by atoms with Crippen molar-refractivity contribution in [3.63, 3.8) is 0 Å². The highest BCUT2D eigenvalue weighted by atomic mass is 19.4. The maximum atomic E-state index is 13.1. The number of carboxylic acid groups (broad SMARTS) is 1. The van der Waals surface area contributed by atoms with Gasteiger partial charge in [0.1, 0.15) is 0 Å². The molecule has 0 saturated carbocycles. The zero-order valence-corrected chi connectivity index (χ0v) is 14.9. The lowest BCUT2D eigenvalue weighted by molar-refractivity contribution is -0.187. The average molecular weight is 388 g/mol. The number of nitrogens with one attached hydrogen (secondary N) is 1. The molecule has 10 heteroatoms. The van der Waals surface area contributed by atoms with Gasteiger partial charge in [0.25, 0.3) is 0 Å². The number of esters is 1. The quantitative estimate of drug-likeness (QED) is 0.777. The number of amides is 2. The van der Waals surface area contributed by atoms with Crippen molar-refractivity contribution in [2.45, 2.75) is 20.0 Å². The lowest BCUT2D eigenvalue weighted by Gasteiger charge is -2.20. The number of benzene rings is 1. The van der Waals surface area contributed by atoms with Crippen LogP contribution in [-0.4, -0.2) is 54.4 Å². The number of hydrogen-bond donors (Lipinski definition) is 2. The highest BCUT2D eigenvalue weighted by molar-refractivity contribution is 5.96. The van der Waals surface area contributed by atoms with Gasteiger partial charge in [0.2, 0.25) is 0 Å². The highest BCUT2D eigenvalue weighted by Crippen LogP contribution is 2.38. The molecule has 2 N–H and O–H groups in total. The molecule has 1 aliphatic heterocycles. The van der Waals surface area contributed by atoms with Gasteiger partial charge < -0.3 is 20.1 Å². The van der Waals surface area contributed by atoms with E-state index in [0.29, 0.717) is 11.1 Å². The van der Waals surface area contributed by atoms with E-state index in [9.17, 15) is 27.6 Å². The molecular weight excluding hydrogens is 369 g/mol. The molecule has 1 aromatic carbocycles. The first kappa shape index (κ1) is 20.5. The largest absolute Gasteiger partial charge is 0.481 e. The number of ether oxygens (including phenoxy) is 1. The van der Waals surface area contributed by atoms with Crippen molar-refractivity contribution in [2.75, 3.05) is 25.5 Å².